The molecule has 0 spiro atoms. The molecule has 0 saturated carbocycles. The van der Waals surface area contributed by atoms with Gasteiger partial charge in [0, 0.05) is 26.2 Å². The molecule has 2 unspecified atom stereocenters. The van der Waals surface area contributed by atoms with E-state index in [-0.39, 0.29) is 12.1 Å². The van der Waals surface area contributed by atoms with Crippen LogP contribution < -0.4 is 4.74 Å². The molecule has 1 fully saturated rings. The van der Waals surface area contributed by atoms with Crippen LogP contribution in [0.3, 0.4) is 0 Å². The van der Waals surface area contributed by atoms with E-state index in [2.05, 4.69) is 11.0 Å². The second-order valence-electron chi connectivity index (χ2n) is 4.67. The van der Waals surface area contributed by atoms with Crippen LogP contribution in [-0.4, -0.2) is 50.0 Å². The second-order valence-corrected chi connectivity index (χ2v) is 4.67. The zero-order valence-electron chi connectivity index (χ0n) is 11.0. The van der Waals surface area contributed by atoms with Crippen LogP contribution in [-0.2, 0) is 4.74 Å². The van der Waals surface area contributed by atoms with E-state index >= 15 is 0 Å². The van der Waals surface area contributed by atoms with Crippen molar-refractivity contribution >= 4 is 0 Å². The quantitative estimate of drug-likeness (QED) is 0.860. The number of nitrogens with zero attached hydrogens (tertiary/aromatic N) is 1. The third-order valence-corrected chi connectivity index (χ3v) is 3.44. The van der Waals surface area contributed by atoms with E-state index < -0.39 is 0 Å². The molecule has 1 aliphatic rings. The number of methoxy groups -OCH3 is 2. The molecule has 1 N–H and O–H groups in total. The fourth-order valence-electron chi connectivity index (χ4n) is 2.53. The molecule has 0 bridgehead atoms. The van der Waals surface area contributed by atoms with Crippen molar-refractivity contribution in [2.75, 3.05) is 33.9 Å². The lowest BCUT2D eigenvalue weighted by Crippen LogP contribution is -2.28. The average molecular weight is 251 g/mol. The minimum absolute atomic E-state index is 0.252. The maximum absolute atomic E-state index is 9.84. The summed E-state index contributed by atoms with van der Waals surface area (Å²) in [6.07, 6.45) is 0.523. The summed E-state index contributed by atoms with van der Waals surface area (Å²) in [4.78, 5) is 2.27. The number of benzene rings is 1. The first-order chi connectivity index (χ1) is 8.74. The first kappa shape index (κ1) is 13.3. The Morgan fingerprint density at radius 1 is 1.39 bits per heavy atom. The number of β-amino-alcohol motifs (C(OH)–C–C–N with tert-alkyl or cyclic N) is 1. The molecule has 2 rings (SSSR count). The van der Waals surface area contributed by atoms with Crippen molar-refractivity contribution in [1.29, 1.82) is 0 Å². The SMILES string of the molecule is COCCN1CC(O)CC1c1cccc(OC)c1. The predicted molar refractivity (Wildman–Crippen MR) is 69.8 cm³/mol. The molecule has 4 heteroatoms. The van der Waals surface area contributed by atoms with Gasteiger partial charge in [-0.2, -0.15) is 0 Å². The van der Waals surface area contributed by atoms with Crippen molar-refractivity contribution in [1.82, 2.24) is 4.90 Å². The number of rotatable bonds is 5. The second kappa shape index (κ2) is 6.18. The summed E-state index contributed by atoms with van der Waals surface area (Å²) in [6.45, 7) is 2.24. The summed E-state index contributed by atoms with van der Waals surface area (Å²) in [5.74, 6) is 0.862. The standard InChI is InChI=1S/C14H21NO3/c1-17-7-6-15-10-12(16)9-14(15)11-4-3-5-13(8-11)18-2/h3-5,8,12,14,16H,6-7,9-10H2,1-2H3. The molecule has 0 radical (unpaired) electrons. The van der Waals surface area contributed by atoms with E-state index in [0.717, 1.165) is 18.7 Å². The number of hydrogen-bond donors (Lipinski definition) is 1. The Labute approximate surface area is 108 Å². The van der Waals surface area contributed by atoms with Crippen LogP contribution in [0.5, 0.6) is 5.75 Å². The normalized spacial score (nSPS) is 24.4. The Hall–Kier alpha value is -1.10. The largest absolute Gasteiger partial charge is 0.497 e. The Morgan fingerprint density at radius 3 is 2.94 bits per heavy atom. The summed E-state index contributed by atoms with van der Waals surface area (Å²) in [5.41, 5.74) is 1.20. The molecule has 1 aliphatic heterocycles. The third-order valence-electron chi connectivity index (χ3n) is 3.44. The molecular weight excluding hydrogens is 230 g/mol. The van der Waals surface area contributed by atoms with E-state index in [1.165, 1.54) is 5.56 Å². The molecule has 0 aromatic heterocycles. The van der Waals surface area contributed by atoms with Crippen molar-refractivity contribution in [2.24, 2.45) is 0 Å². The number of likely N-dealkylation sites (tertiary alicyclic amines) is 1. The van der Waals surface area contributed by atoms with Gasteiger partial charge in [-0.15, -0.1) is 0 Å². The van der Waals surface area contributed by atoms with Crippen molar-refractivity contribution in [3.8, 4) is 5.75 Å². The fraction of sp³-hybridized carbons (Fsp3) is 0.571. The predicted octanol–water partition coefficient (Wildman–Crippen LogP) is 1.45. The van der Waals surface area contributed by atoms with Gasteiger partial charge < -0.3 is 14.6 Å². The zero-order valence-corrected chi connectivity index (χ0v) is 11.0. The highest BCUT2D eigenvalue weighted by Gasteiger charge is 2.31. The van der Waals surface area contributed by atoms with Gasteiger partial charge in [-0.3, -0.25) is 4.90 Å². The first-order valence-electron chi connectivity index (χ1n) is 6.29. The van der Waals surface area contributed by atoms with Crippen LogP contribution >= 0.6 is 0 Å². The van der Waals surface area contributed by atoms with Gasteiger partial charge in [-0.05, 0) is 24.1 Å². The van der Waals surface area contributed by atoms with Gasteiger partial charge in [-0.25, -0.2) is 0 Å². The van der Waals surface area contributed by atoms with E-state index in [9.17, 15) is 5.11 Å². The summed E-state index contributed by atoms with van der Waals surface area (Å²) < 4.78 is 10.4. The van der Waals surface area contributed by atoms with Crippen LogP contribution in [0, 0.1) is 0 Å². The maximum atomic E-state index is 9.84. The van der Waals surface area contributed by atoms with Crippen LogP contribution in [0.2, 0.25) is 0 Å². The molecule has 4 nitrogen and oxygen atoms in total. The summed E-state index contributed by atoms with van der Waals surface area (Å²) in [6, 6.07) is 8.32. The molecule has 1 heterocycles. The van der Waals surface area contributed by atoms with E-state index in [4.69, 9.17) is 9.47 Å². The van der Waals surface area contributed by atoms with Gasteiger partial charge in [0.2, 0.25) is 0 Å². The smallest absolute Gasteiger partial charge is 0.119 e. The maximum Gasteiger partial charge on any atom is 0.119 e. The zero-order chi connectivity index (χ0) is 13.0. The monoisotopic (exact) mass is 251 g/mol. The molecule has 0 aliphatic carbocycles. The van der Waals surface area contributed by atoms with Crippen LogP contribution in [0.1, 0.15) is 18.0 Å². The molecule has 1 saturated heterocycles. The van der Waals surface area contributed by atoms with Crippen LogP contribution in [0.4, 0.5) is 0 Å². The van der Waals surface area contributed by atoms with Gasteiger partial charge >= 0.3 is 0 Å². The van der Waals surface area contributed by atoms with E-state index in [1.807, 2.05) is 18.2 Å². The van der Waals surface area contributed by atoms with Gasteiger partial charge in [0.25, 0.3) is 0 Å². The topological polar surface area (TPSA) is 41.9 Å². The summed E-state index contributed by atoms with van der Waals surface area (Å²) >= 11 is 0. The molecule has 1 aromatic carbocycles. The highest BCUT2D eigenvalue weighted by atomic mass is 16.5. The highest BCUT2D eigenvalue weighted by molar-refractivity contribution is 5.31. The summed E-state index contributed by atoms with van der Waals surface area (Å²) in [5, 5.41) is 9.84. The van der Waals surface area contributed by atoms with Gasteiger partial charge in [0.1, 0.15) is 5.75 Å². The lowest BCUT2D eigenvalue weighted by molar-refractivity contribution is 0.130. The van der Waals surface area contributed by atoms with Crippen molar-refractivity contribution in [2.45, 2.75) is 18.6 Å². The average Bonchev–Trinajstić information content (AvgIpc) is 2.77. The molecular formula is C14H21NO3. The number of hydrogen-bond acceptors (Lipinski definition) is 4. The van der Waals surface area contributed by atoms with Crippen molar-refractivity contribution in [3.63, 3.8) is 0 Å². The fourth-order valence-corrected chi connectivity index (χ4v) is 2.53. The molecule has 2 atom stereocenters. The Balaban J connectivity index is 2.13. The lowest BCUT2D eigenvalue weighted by Gasteiger charge is -2.24. The Kier molecular flexibility index (Phi) is 4.58. The Morgan fingerprint density at radius 2 is 2.22 bits per heavy atom. The third kappa shape index (κ3) is 3.02. The molecule has 100 valence electrons. The lowest BCUT2D eigenvalue weighted by atomic mass is 10.0. The molecule has 0 amide bonds. The number of ether oxygens (including phenoxy) is 2. The Bertz CT molecular complexity index is 383. The van der Waals surface area contributed by atoms with Crippen LogP contribution in [0.15, 0.2) is 24.3 Å². The van der Waals surface area contributed by atoms with E-state index in [1.54, 1.807) is 14.2 Å². The van der Waals surface area contributed by atoms with Gasteiger partial charge in [0.05, 0.1) is 19.8 Å². The number of aliphatic hydroxyl groups is 1. The van der Waals surface area contributed by atoms with Crippen molar-refractivity contribution in [3.05, 3.63) is 29.8 Å². The van der Waals surface area contributed by atoms with Gasteiger partial charge in [0.15, 0.2) is 0 Å². The van der Waals surface area contributed by atoms with Crippen molar-refractivity contribution < 1.29 is 14.6 Å². The van der Waals surface area contributed by atoms with E-state index in [0.29, 0.717) is 13.2 Å². The van der Waals surface area contributed by atoms with Crippen LogP contribution in [0.25, 0.3) is 0 Å². The van der Waals surface area contributed by atoms with Gasteiger partial charge in [-0.1, -0.05) is 12.1 Å². The highest BCUT2D eigenvalue weighted by Crippen LogP contribution is 2.33. The first-order valence-corrected chi connectivity index (χ1v) is 6.29. The minimum Gasteiger partial charge on any atom is -0.497 e. The molecule has 1 aromatic rings. The number of aliphatic hydroxyl groups excluding tert-OH is 1. The molecule has 18 heavy (non-hydrogen) atoms. The minimum atomic E-state index is -0.252. The summed E-state index contributed by atoms with van der Waals surface area (Å²) in [7, 11) is 3.37.